The molecule has 1 unspecified atom stereocenters. The number of hydrogen-bond acceptors (Lipinski definition) is 8. The van der Waals surface area contributed by atoms with E-state index in [4.69, 9.17) is 0 Å². The summed E-state index contributed by atoms with van der Waals surface area (Å²) in [5, 5.41) is 14.5. The quantitative estimate of drug-likeness (QED) is 0.146. The molecule has 13 nitrogen and oxygen atoms in total. The van der Waals surface area contributed by atoms with Crippen LogP contribution in [-0.4, -0.2) is 75.5 Å². The first kappa shape index (κ1) is 36.1. The van der Waals surface area contributed by atoms with Crippen LogP contribution in [-0.2, 0) is 24.0 Å². The van der Waals surface area contributed by atoms with Crippen LogP contribution in [0.3, 0.4) is 0 Å². The topological polar surface area (TPSA) is 188 Å². The lowest BCUT2D eigenvalue weighted by Gasteiger charge is -2.36. The van der Waals surface area contributed by atoms with E-state index in [0.29, 0.717) is 19.3 Å². The number of rotatable bonds is 14. The van der Waals surface area contributed by atoms with Crippen molar-refractivity contribution in [3.8, 4) is 0 Å². The van der Waals surface area contributed by atoms with E-state index in [0.717, 1.165) is 44.9 Å². The van der Waals surface area contributed by atoms with Crippen LogP contribution in [0.15, 0.2) is 30.7 Å². The van der Waals surface area contributed by atoms with Gasteiger partial charge in [0.05, 0.1) is 18.2 Å². The zero-order valence-corrected chi connectivity index (χ0v) is 29.0. The fourth-order valence-corrected chi connectivity index (χ4v) is 7.50. The average Bonchev–Trinajstić information content (AvgIpc) is 3.66. The van der Waals surface area contributed by atoms with E-state index in [2.05, 4.69) is 36.6 Å². The van der Waals surface area contributed by atoms with E-state index < -0.39 is 64.9 Å². The summed E-state index contributed by atoms with van der Waals surface area (Å²) in [5.41, 5.74) is -0.619. The van der Waals surface area contributed by atoms with E-state index in [1.807, 2.05) is 39.8 Å². The summed E-state index contributed by atoms with van der Waals surface area (Å²) >= 11 is 0. The second-order valence-electron chi connectivity index (χ2n) is 15.2. The molecule has 1 aromatic rings. The van der Waals surface area contributed by atoms with Crippen molar-refractivity contribution in [1.82, 2.24) is 36.6 Å². The van der Waals surface area contributed by atoms with Gasteiger partial charge in [-0.05, 0) is 61.7 Å². The van der Waals surface area contributed by atoms with Gasteiger partial charge in [0.2, 0.25) is 23.5 Å². The van der Waals surface area contributed by atoms with Crippen LogP contribution < -0.4 is 26.6 Å². The van der Waals surface area contributed by atoms with Crippen molar-refractivity contribution in [2.24, 2.45) is 29.1 Å². The van der Waals surface area contributed by atoms with Gasteiger partial charge in [0.15, 0.2) is 0 Å². The van der Waals surface area contributed by atoms with Gasteiger partial charge in [0.1, 0.15) is 17.8 Å². The molecule has 7 atom stereocenters. The normalized spacial score (nSPS) is 25.1. The highest BCUT2D eigenvalue weighted by Crippen LogP contribution is 2.44. The van der Waals surface area contributed by atoms with Gasteiger partial charge >= 0.3 is 0 Å². The van der Waals surface area contributed by atoms with Crippen LogP contribution in [0.4, 0.5) is 0 Å². The van der Waals surface area contributed by atoms with E-state index in [1.54, 1.807) is 0 Å². The molecule has 0 aromatic carbocycles. The minimum Gasteiger partial charge on any atom is -0.350 e. The van der Waals surface area contributed by atoms with Crippen molar-refractivity contribution in [2.45, 2.75) is 122 Å². The minimum atomic E-state index is -0.980. The molecule has 0 saturated heterocycles. The van der Waals surface area contributed by atoms with Crippen LogP contribution in [0, 0.1) is 29.1 Å². The molecule has 2 bridgehead atoms. The average molecular weight is 678 g/mol. The number of ketones is 1. The molecule has 5 rings (SSSR count). The zero-order chi connectivity index (χ0) is 35.3. The Morgan fingerprint density at radius 2 is 1.57 bits per heavy atom. The number of carbonyl (C=O) groups excluding carboxylic acids is 6. The molecule has 3 fully saturated rings. The third-order valence-corrected chi connectivity index (χ3v) is 10.3. The molecule has 4 aliphatic rings. The Labute approximate surface area is 288 Å². The third kappa shape index (κ3) is 8.90. The van der Waals surface area contributed by atoms with Gasteiger partial charge in [0.25, 0.3) is 11.8 Å². The predicted octanol–water partition coefficient (Wildman–Crippen LogP) is 2.13. The van der Waals surface area contributed by atoms with Crippen molar-refractivity contribution in [2.75, 3.05) is 0 Å². The maximum Gasteiger partial charge on any atom is 0.289 e. The van der Waals surface area contributed by atoms with E-state index in [1.165, 1.54) is 18.6 Å². The van der Waals surface area contributed by atoms with Gasteiger partial charge in [-0.25, -0.2) is 4.98 Å². The number of nitrogens with one attached hydrogen (secondary N) is 5. The van der Waals surface area contributed by atoms with Crippen molar-refractivity contribution < 1.29 is 28.8 Å². The largest absolute Gasteiger partial charge is 0.350 e. The third-order valence-electron chi connectivity index (χ3n) is 10.3. The standard InChI is InChI=1S/C36H51N7O6/c1-5-9-24(29(44)34(48)39-23-14-15-23)40-32(46)26-21-12-13-22(18-21)27(26)41-35(49)30(36(2,3)4)43-33(47)28(20-10-7-6-8-11-20)42-31(45)25-19-37-16-17-38-25/h12-13,16-17,19-24,26-28,30H,5-11,14-15,18H2,1-4H3,(H,39,48)(H,40,46)(H,41,49)(H,42,45)(H,43,47)/t21-,22-,24?,26-,27+,28+,30-/m1/s1. The van der Waals surface area contributed by atoms with E-state index in [-0.39, 0.29) is 35.4 Å². The SMILES string of the molecule is CCCC(NC(=O)[C@H]1[C@@H](NC(=O)[C@@H](NC(=O)[C@@H](NC(=O)c2cnccn2)C2CCCCC2)C(C)(C)C)[C@@H]2C=C[C@@H]1C2)C(=O)C(=O)NC1CC1. The fourth-order valence-electron chi connectivity index (χ4n) is 7.50. The molecule has 13 heteroatoms. The molecular weight excluding hydrogens is 626 g/mol. The number of fused-ring (bicyclic) bond motifs is 2. The monoisotopic (exact) mass is 677 g/mol. The molecule has 266 valence electrons. The first-order valence-electron chi connectivity index (χ1n) is 17.9. The van der Waals surface area contributed by atoms with Crippen molar-refractivity contribution in [3.05, 3.63) is 36.4 Å². The molecule has 4 aliphatic carbocycles. The molecule has 3 saturated carbocycles. The Bertz CT molecular complexity index is 1430. The number of amides is 5. The zero-order valence-electron chi connectivity index (χ0n) is 29.0. The predicted molar refractivity (Wildman–Crippen MR) is 180 cm³/mol. The molecule has 1 heterocycles. The lowest BCUT2D eigenvalue weighted by Crippen LogP contribution is -2.62. The number of allylic oxidation sites excluding steroid dienone is 1. The second-order valence-corrected chi connectivity index (χ2v) is 15.2. The highest BCUT2D eigenvalue weighted by atomic mass is 16.2. The highest BCUT2D eigenvalue weighted by Gasteiger charge is 2.50. The van der Waals surface area contributed by atoms with Gasteiger partial charge in [-0.3, -0.25) is 33.8 Å². The van der Waals surface area contributed by atoms with Crippen LogP contribution in [0.1, 0.15) is 102 Å². The van der Waals surface area contributed by atoms with Gasteiger partial charge in [-0.1, -0.05) is 65.5 Å². The fraction of sp³-hybridized carbons (Fsp3) is 0.667. The number of carbonyl (C=O) groups is 6. The summed E-state index contributed by atoms with van der Waals surface area (Å²) in [6.07, 6.45) is 16.0. The molecular formula is C36H51N7O6. The Hall–Kier alpha value is -4.16. The summed E-state index contributed by atoms with van der Waals surface area (Å²) in [5.74, 6) is -4.09. The molecule has 5 amide bonds. The molecule has 5 N–H and O–H groups in total. The number of nitrogens with zero attached hydrogens (tertiary/aromatic N) is 2. The summed E-state index contributed by atoms with van der Waals surface area (Å²) < 4.78 is 0. The molecule has 0 spiro atoms. The van der Waals surface area contributed by atoms with Crippen molar-refractivity contribution in [3.63, 3.8) is 0 Å². The molecule has 0 radical (unpaired) electrons. The Kier molecular flexibility index (Phi) is 11.5. The Balaban J connectivity index is 1.29. The summed E-state index contributed by atoms with van der Waals surface area (Å²) in [4.78, 5) is 88.6. The first-order chi connectivity index (χ1) is 23.4. The second kappa shape index (κ2) is 15.6. The maximum atomic E-state index is 14.1. The molecule has 49 heavy (non-hydrogen) atoms. The van der Waals surface area contributed by atoms with Crippen molar-refractivity contribution in [1.29, 1.82) is 0 Å². The van der Waals surface area contributed by atoms with Gasteiger partial charge in [0, 0.05) is 24.5 Å². The van der Waals surface area contributed by atoms with Crippen molar-refractivity contribution >= 4 is 35.3 Å². The highest BCUT2D eigenvalue weighted by molar-refractivity contribution is 6.38. The minimum absolute atomic E-state index is 0.0216. The van der Waals surface area contributed by atoms with Gasteiger partial charge in [-0.15, -0.1) is 0 Å². The summed E-state index contributed by atoms with van der Waals surface area (Å²) in [6, 6.07) is -3.35. The van der Waals surface area contributed by atoms with Gasteiger partial charge in [-0.2, -0.15) is 0 Å². The maximum absolute atomic E-state index is 14.1. The van der Waals surface area contributed by atoms with Crippen LogP contribution in [0.25, 0.3) is 0 Å². The summed E-state index contributed by atoms with van der Waals surface area (Å²) in [6.45, 7) is 7.44. The van der Waals surface area contributed by atoms with Crippen LogP contribution in [0.5, 0.6) is 0 Å². The van der Waals surface area contributed by atoms with Crippen LogP contribution in [0.2, 0.25) is 0 Å². The van der Waals surface area contributed by atoms with Crippen LogP contribution >= 0.6 is 0 Å². The lowest BCUT2D eigenvalue weighted by atomic mass is 9.81. The molecule has 1 aromatic heterocycles. The Morgan fingerprint density at radius 1 is 0.857 bits per heavy atom. The smallest absolute Gasteiger partial charge is 0.289 e. The van der Waals surface area contributed by atoms with E-state index in [9.17, 15) is 28.8 Å². The first-order valence-corrected chi connectivity index (χ1v) is 17.9. The number of hydrogen-bond donors (Lipinski definition) is 5. The molecule has 0 aliphatic heterocycles. The van der Waals surface area contributed by atoms with E-state index >= 15 is 0 Å². The van der Waals surface area contributed by atoms with Gasteiger partial charge < -0.3 is 26.6 Å². The summed E-state index contributed by atoms with van der Waals surface area (Å²) in [7, 11) is 0. The Morgan fingerprint density at radius 3 is 2.20 bits per heavy atom. The number of Topliss-reactive ketones (excluding diaryl/α,β-unsaturated/α-hetero) is 1. The lowest BCUT2D eigenvalue weighted by molar-refractivity contribution is -0.141. The number of aromatic nitrogens is 2.